The van der Waals surface area contributed by atoms with Gasteiger partial charge in [-0.2, -0.15) is 0 Å². The molecule has 1 aromatic rings. The number of hydrogen-bond donors (Lipinski definition) is 2. The molecule has 0 spiro atoms. The van der Waals surface area contributed by atoms with Gasteiger partial charge in [0.2, 0.25) is 0 Å². The van der Waals surface area contributed by atoms with Crippen molar-refractivity contribution in [1.82, 2.24) is 0 Å². The van der Waals surface area contributed by atoms with Crippen LogP contribution in [0.5, 0.6) is 0 Å². The fourth-order valence-electron chi connectivity index (χ4n) is 1.26. The SMILES string of the molecule is OC(CCCl)C(O)c1c(F)cccc1Br. The summed E-state index contributed by atoms with van der Waals surface area (Å²) in [6, 6.07) is 4.36. The largest absolute Gasteiger partial charge is 0.390 e. The molecular formula is C10H11BrClFO2. The third-order valence-electron chi connectivity index (χ3n) is 2.06. The topological polar surface area (TPSA) is 40.5 Å². The molecule has 1 aromatic carbocycles. The van der Waals surface area contributed by atoms with E-state index in [2.05, 4.69) is 15.9 Å². The first-order valence-electron chi connectivity index (χ1n) is 4.44. The zero-order chi connectivity index (χ0) is 11.4. The second kappa shape index (κ2) is 5.80. The van der Waals surface area contributed by atoms with Crippen molar-refractivity contribution >= 4 is 27.5 Å². The third kappa shape index (κ3) is 3.14. The third-order valence-corrected chi connectivity index (χ3v) is 2.97. The highest BCUT2D eigenvalue weighted by atomic mass is 79.9. The summed E-state index contributed by atoms with van der Waals surface area (Å²) in [5.41, 5.74) is 0.0649. The molecule has 15 heavy (non-hydrogen) atoms. The number of aliphatic hydroxyl groups excluding tert-OH is 2. The highest BCUT2D eigenvalue weighted by Crippen LogP contribution is 2.29. The van der Waals surface area contributed by atoms with Crippen LogP contribution >= 0.6 is 27.5 Å². The van der Waals surface area contributed by atoms with Crippen molar-refractivity contribution < 1.29 is 14.6 Å². The molecule has 84 valence electrons. The van der Waals surface area contributed by atoms with Crippen molar-refractivity contribution in [3.8, 4) is 0 Å². The van der Waals surface area contributed by atoms with Crippen LogP contribution < -0.4 is 0 Å². The van der Waals surface area contributed by atoms with Gasteiger partial charge in [-0.25, -0.2) is 4.39 Å². The summed E-state index contributed by atoms with van der Waals surface area (Å²) < 4.78 is 13.8. The second-order valence-corrected chi connectivity index (χ2v) is 4.36. The molecule has 1 rings (SSSR count). The fourth-order valence-corrected chi connectivity index (χ4v) is 2.06. The fraction of sp³-hybridized carbons (Fsp3) is 0.400. The smallest absolute Gasteiger partial charge is 0.130 e. The van der Waals surface area contributed by atoms with Gasteiger partial charge in [0.05, 0.1) is 6.10 Å². The molecule has 0 aromatic heterocycles. The van der Waals surface area contributed by atoms with Gasteiger partial charge in [0.1, 0.15) is 11.9 Å². The minimum absolute atomic E-state index is 0.0649. The Morgan fingerprint density at radius 3 is 2.60 bits per heavy atom. The van der Waals surface area contributed by atoms with Gasteiger partial charge in [-0.15, -0.1) is 11.6 Å². The standard InChI is InChI=1S/C10H11BrClFO2/c11-6-2-1-3-7(13)9(6)10(15)8(14)4-5-12/h1-3,8,10,14-15H,4-5H2. The van der Waals surface area contributed by atoms with E-state index in [1.165, 1.54) is 12.1 Å². The van der Waals surface area contributed by atoms with Crippen LogP contribution in [0.15, 0.2) is 22.7 Å². The van der Waals surface area contributed by atoms with E-state index in [4.69, 9.17) is 11.6 Å². The number of hydrogen-bond acceptors (Lipinski definition) is 2. The molecule has 0 aliphatic heterocycles. The molecule has 0 aliphatic rings. The van der Waals surface area contributed by atoms with Crippen LogP contribution in [-0.4, -0.2) is 22.2 Å². The average molecular weight is 298 g/mol. The van der Waals surface area contributed by atoms with E-state index < -0.39 is 18.0 Å². The predicted octanol–water partition coefficient (Wildman–Crippen LogP) is 2.61. The van der Waals surface area contributed by atoms with Gasteiger partial charge in [0.25, 0.3) is 0 Å². The monoisotopic (exact) mass is 296 g/mol. The summed E-state index contributed by atoms with van der Waals surface area (Å²) in [6.07, 6.45) is -2.11. The van der Waals surface area contributed by atoms with E-state index in [0.717, 1.165) is 0 Å². The Kier molecular flexibility index (Phi) is 4.99. The normalized spacial score (nSPS) is 15.0. The molecule has 0 radical (unpaired) electrons. The maximum atomic E-state index is 13.4. The first kappa shape index (κ1) is 12.9. The number of alkyl halides is 1. The Balaban J connectivity index is 2.94. The van der Waals surface area contributed by atoms with E-state index in [9.17, 15) is 14.6 Å². The zero-order valence-electron chi connectivity index (χ0n) is 7.83. The highest BCUT2D eigenvalue weighted by molar-refractivity contribution is 9.10. The van der Waals surface area contributed by atoms with Gasteiger partial charge in [-0.3, -0.25) is 0 Å². The Morgan fingerprint density at radius 1 is 1.40 bits per heavy atom. The minimum Gasteiger partial charge on any atom is -0.390 e. The first-order chi connectivity index (χ1) is 7.07. The maximum absolute atomic E-state index is 13.4. The van der Waals surface area contributed by atoms with Crippen LogP contribution in [0.3, 0.4) is 0 Å². The van der Waals surface area contributed by atoms with E-state index in [0.29, 0.717) is 4.47 Å². The summed E-state index contributed by atoms with van der Waals surface area (Å²) in [4.78, 5) is 0. The number of halogens is 3. The average Bonchev–Trinajstić information content (AvgIpc) is 2.17. The zero-order valence-corrected chi connectivity index (χ0v) is 10.2. The van der Waals surface area contributed by atoms with Crippen molar-refractivity contribution in [2.45, 2.75) is 18.6 Å². The first-order valence-corrected chi connectivity index (χ1v) is 5.76. The Bertz CT molecular complexity index is 315. The molecule has 0 amide bonds. The highest BCUT2D eigenvalue weighted by Gasteiger charge is 2.23. The van der Waals surface area contributed by atoms with Crippen molar-refractivity contribution in [2.75, 3.05) is 5.88 Å². The quantitative estimate of drug-likeness (QED) is 0.839. The van der Waals surface area contributed by atoms with E-state index >= 15 is 0 Å². The molecule has 2 atom stereocenters. The summed E-state index contributed by atoms with van der Waals surface area (Å²) in [5.74, 6) is -0.338. The molecule has 2 unspecified atom stereocenters. The number of benzene rings is 1. The molecule has 5 heteroatoms. The van der Waals surface area contributed by atoms with E-state index in [1.54, 1.807) is 6.07 Å². The second-order valence-electron chi connectivity index (χ2n) is 3.13. The Morgan fingerprint density at radius 2 is 2.07 bits per heavy atom. The summed E-state index contributed by atoms with van der Waals surface area (Å²) in [5, 5.41) is 19.2. The van der Waals surface area contributed by atoms with E-state index in [1.807, 2.05) is 0 Å². The van der Waals surface area contributed by atoms with Crippen molar-refractivity contribution in [2.24, 2.45) is 0 Å². The van der Waals surface area contributed by atoms with Gasteiger partial charge in [-0.05, 0) is 18.6 Å². The molecule has 0 aliphatic carbocycles. The summed E-state index contributed by atoms with van der Waals surface area (Å²) >= 11 is 8.55. The summed E-state index contributed by atoms with van der Waals surface area (Å²) in [6.45, 7) is 0. The van der Waals surface area contributed by atoms with Gasteiger partial charge >= 0.3 is 0 Å². The Hall–Kier alpha value is -0.160. The van der Waals surface area contributed by atoms with E-state index in [-0.39, 0.29) is 17.9 Å². The lowest BCUT2D eigenvalue weighted by Gasteiger charge is -2.18. The van der Waals surface area contributed by atoms with Crippen LogP contribution in [-0.2, 0) is 0 Å². The molecule has 2 nitrogen and oxygen atoms in total. The van der Waals surface area contributed by atoms with Crippen LogP contribution in [0.4, 0.5) is 4.39 Å². The molecule has 0 saturated carbocycles. The van der Waals surface area contributed by atoms with Gasteiger partial charge in [0, 0.05) is 15.9 Å². The molecule has 0 saturated heterocycles. The minimum atomic E-state index is -1.26. The maximum Gasteiger partial charge on any atom is 0.130 e. The van der Waals surface area contributed by atoms with Crippen molar-refractivity contribution in [1.29, 1.82) is 0 Å². The van der Waals surface area contributed by atoms with Crippen LogP contribution in [0.2, 0.25) is 0 Å². The van der Waals surface area contributed by atoms with Gasteiger partial charge in [0.15, 0.2) is 0 Å². The van der Waals surface area contributed by atoms with Gasteiger partial charge in [-0.1, -0.05) is 22.0 Å². The molecular weight excluding hydrogens is 286 g/mol. The predicted molar refractivity (Wildman–Crippen MR) is 60.4 cm³/mol. The number of aliphatic hydroxyl groups is 2. The lowest BCUT2D eigenvalue weighted by Crippen LogP contribution is -2.20. The molecule has 0 heterocycles. The van der Waals surface area contributed by atoms with Gasteiger partial charge < -0.3 is 10.2 Å². The lowest BCUT2D eigenvalue weighted by atomic mass is 10.0. The van der Waals surface area contributed by atoms with Crippen LogP contribution in [0.25, 0.3) is 0 Å². The summed E-state index contributed by atoms with van der Waals surface area (Å²) in [7, 11) is 0. The van der Waals surface area contributed by atoms with Crippen LogP contribution in [0.1, 0.15) is 18.1 Å². The van der Waals surface area contributed by atoms with Crippen molar-refractivity contribution in [3.63, 3.8) is 0 Å². The number of rotatable bonds is 4. The Labute approximate surface area is 101 Å². The molecule has 0 bridgehead atoms. The van der Waals surface area contributed by atoms with Crippen molar-refractivity contribution in [3.05, 3.63) is 34.1 Å². The van der Waals surface area contributed by atoms with Crippen LogP contribution in [0, 0.1) is 5.82 Å². The lowest BCUT2D eigenvalue weighted by molar-refractivity contribution is 0.0145. The molecule has 0 fully saturated rings. The molecule has 2 N–H and O–H groups in total.